The lowest BCUT2D eigenvalue weighted by molar-refractivity contribution is 0.156. The van der Waals surface area contributed by atoms with Crippen molar-refractivity contribution in [1.29, 1.82) is 0 Å². The molecule has 0 saturated carbocycles. The van der Waals surface area contributed by atoms with Crippen LogP contribution in [0.1, 0.15) is 25.5 Å². The van der Waals surface area contributed by atoms with E-state index in [2.05, 4.69) is 32.7 Å². The number of aromatic nitrogens is 2. The van der Waals surface area contributed by atoms with E-state index in [1.807, 2.05) is 24.4 Å². The highest BCUT2D eigenvalue weighted by Gasteiger charge is 2.42. The number of likely N-dealkylation sites (tertiary alicyclic amines) is 1. The van der Waals surface area contributed by atoms with Crippen molar-refractivity contribution in [3.05, 3.63) is 36.3 Å². The summed E-state index contributed by atoms with van der Waals surface area (Å²) >= 11 is 0. The van der Waals surface area contributed by atoms with Crippen LogP contribution in [-0.2, 0) is 11.2 Å². The van der Waals surface area contributed by atoms with Gasteiger partial charge in [-0.1, -0.05) is 6.07 Å². The number of pyridine rings is 1. The van der Waals surface area contributed by atoms with Crippen LogP contribution in [0, 0.1) is 5.41 Å². The van der Waals surface area contributed by atoms with Crippen LogP contribution in [0.4, 0.5) is 0 Å². The quantitative estimate of drug-likeness (QED) is 0.425. The molecule has 142 valence electrons. The average Bonchev–Trinajstić information content (AvgIpc) is 3.35. The summed E-state index contributed by atoms with van der Waals surface area (Å²) in [5.41, 5.74) is 2.45. The number of nitrogens with zero attached hydrogens (tertiary/aromatic N) is 4. The summed E-state index contributed by atoms with van der Waals surface area (Å²) in [6.07, 6.45) is 7.39. The van der Waals surface area contributed by atoms with Crippen molar-refractivity contribution in [1.82, 2.24) is 19.6 Å². The fraction of sp³-hybridized carbons (Fsp3) is 0.579. The van der Waals surface area contributed by atoms with E-state index >= 15 is 0 Å². The van der Waals surface area contributed by atoms with E-state index in [4.69, 9.17) is 9.73 Å². The SMILES string of the molecule is CCNC(=NCCc1cn2ccccc2n1)N1CCC2(CCOC2)C1.I. The van der Waals surface area contributed by atoms with Crippen molar-refractivity contribution >= 4 is 35.6 Å². The molecule has 4 heterocycles. The molecular weight excluding hydrogens is 441 g/mol. The van der Waals surface area contributed by atoms with E-state index in [1.54, 1.807) is 0 Å². The molecule has 0 radical (unpaired) electrons. The van der Waals surface area contributed by atoms with E-state index in [9.17, 15) is 0 Å². The molecule has 2 saturated heterocycles. The van der Waals surface area contributed by atoms with Gasteiger partial charge in [-0.3, -0.25) is 4.99 Å². The topological polar surface area (TPSA) is 54.2 Å². The Balaban J connectivity index is 0.00000196. The highest BCUT2D eigenvalue weighted by molar-refractivity contribution is 14.0. The summed E-state index contributed by atoms with van der Waals surface area (Å²) in [5.74, 6) is 1.04. The van der Waals surface area contributed by atoms with Crippen molar-refractivity contribution in [2.45, 2.75) is 26.2 Å². The largest absolute Gasteiger partial charge is 0.381 e. The summed E-state index contributed by atoms with van der Waals surface area (Å²) in [6, 6.07) is 6.07. The molecule has 7 heteroatoms. The van der Waals surface area contributed by atoms with E-state index in [0.29, 0.717) is 5.41 Å². The van der Waals surface area contributed by atoms with Crippen molar-refractivity contribution in [2.75, 3.05) is 39.4 Å². The normalized spacial score (nSPS) is 23.0. The van der Waals surface area contributed by atoms with Crippen LogP contribution in [0.2, 0.25) is 0 Å². The minimum atomic E-state index is 0. The second-order valence-electron chi connectivity index (χ2n) is 7.16. The lowest BCUT2D eigenvalue weighted by Crippen LogP contribution is -2.41. The number of aliphatic imine (C=N–C) groups is 1. The Labute approximate surface area is 172 Å². The summed E-state index contributed by atoms with van der Waals surface area (Å²) in [6.45, 7) is 7.73. The number of ether oxygens (including phenoxy) is 1. The van der Waals surface area contributed by atoms with E-state index in [-0.39, 0.29) is 24.0 Å². The zero-order valence-corrected chi connectivity index (χ0v) is 17.7. The number of imidazole rings is 1. The zero-order valence-electron chi connectivity index (χ0n) is 15.4. The molecular formula is C19H28IN5O. The van der Waals surface area contributed by atoms with Crippen LogP contribution in [-0.4, -0.2) is 59.6 Å². The molecule has 2 aromatic rings. The van der Waals surface area contributed by atoms with Crippen LogP contribution in [0.3, 0.4) is 0 Å². The van der Waals surface area contributed by atoms with Crippen LogP contribution in [0.25, 0.3) is 5.65 Å². The van der Waals surface area contributed by atoms with Gasteiger partial charge in [0.05, 0.1) is 12.3 Å². The minimum Gasteiger partial charge on any atom is -0.381 e. The molecule has 2 aliphatic rings. The van der Waals surface area contributed by atoms with Gasteiger partial charge < -0.3 is 19.4 Å². The Morgan fingerprint density at radius 3 is 3.08 bits per heavy atom. The van der Waals surface area contributed by atoms with Crippen molar-refractivity contribution < 1.29 is 4.74 Å². The summed E-state index contributed by atoms with van der Waals surface area (Å²) in [5, 5.41) is 3.45. The first-order chi connectivity index (χ1) is 12.3. The van der Waals surface area contributed by atoms with Crippen molar-refractivity contribution in [3.8, 4) is 0 Å². The zero-order chi connectivity index (χ0) is 17.1. The molecule has 26 heavy (non-hydrogen) atoms. The molecule has 0 amide bonds. The third-order valence-corrected chi connectivity index (χ3v) is 5.30. The van der Waals surface area contributed by atoms with Gasteiger partial charge in [-0.15, -0.1) is 24.0 Å². The molecule has 2 aromatic heterocycles. The van der Waals surface area contributed by atoms with Gasteiger partial charge in [0.2, 0.25) is 0 Å². The molecule has 2 fully saturated rings. The number of hydrogen-bond donors (Lipinski definition) is 1. The Hall–Kier alpha value is -1.35. The molecule has 1 N–H and O–H groups in total. The van der Waals surface area contributed by atoms with E-state index in [1.165, 1.54) is 12.8 Å². The summed E-state index contributed by atoms with van der Waals surface area (Å²) < 4.78 is 7.70. The third kappa shape index (κ3) is 4.14. The lowest BCUT2D eigenvalue weighted by atomic mass is 9.87. The Morgan fingerprint density at radius 2 is 2.31 bits per heavy atom. The smallest absolute Gasteiger partial charge is 0.193 e. The molecule has 1 atom stereocenters. The minimum absolute atomic E-state index is 0. The molecule has 0 bridgehead atoms. The molecule has 1 spiro atoms. The van der Waals surface area contributed by atoms with Gasteiger partial charge in [0.1, 0.15) is 5.65 Å². The molecule has 2 aliphatic heterocycles. The monoisotopic (exact) mass is 469 g/mol. The van der Waals surface area contributed by atoms with Crippen molar-refractivity contribution in [2.24, 2.45) is 10.4 Å². The number of hydrogen-bond acceptors (Lipinski definition) is 3. The van der Waals surface area contributed by atoms with E-state index in [0.717, 1.165) is 63.1 Å². The van der Waals surface area contributed by atoms with Crippen LogP contribution >= 0.6 is 24.0 Å². The second kappa shape index (κ2) is 8.56. The van der Waals surface area contributed by atoms with Gasteiger partial charge in [-0.2, -0.15) is 0 Å². The second-order valence-corrected chi connectivity index (χ2v) is 7.16. The Bertz CT molecular complexity index is 720. The molecule has 1 unspecified atom stereocenters. The summed E-state index contributed by atoms with van der Waals surface area (Å²) in [4.78, 5) is 11.9. The maximum Gasteiger partial charge on any atom is 0.193 e. The standard InChI is InChI=1S/C19H27N5O.HI/c1-2-20-18(24-11-7-19(14-24)8-12-25-15-19)21-9-6-16-13-23-10-4-3-5-17(23)22-16;/h3-5,10,13H,2,6-9,11-12,14-15H2,1H3,(H,20,21);1H. The Kier molecular flexibility index (Phi) is 6.39. The molecule has 6 nitrogen and oxygen atoms in total. The average molecular weight is 469 g/mol. The fourth-order valence-corrected chi connectivity index (χ4v) is 3.90. The van der Waals surface area contributed by atoms with Gasteiger partial charge >= 0.3 is 0 Å². The first kappa shape index (κ1) is 19.4. The fourth-order valence-electron chi connectivity index (χ4n) is 3.90. The summed E-state index contributed by atoms with van der Waals surface area (Å²) in [7, 11) is 0. The Morgan fingerprint density at radius 1 is 1.38 bits per heavy atom. The third-order valence-electron chi connectivity index (χ3n) is 5.30. The molecule has 0 aliphatic carbocycles. The highest BCUT2D eigenvalue weighted by Crippen LogP contribution is 2.38. The van der Waals surface area contributed by atoms with Gasteiger partial charge in [0, 0.05) is 57.0 Å². The number of halogens is 1. The van der Waals surface area contributed by atoms with Crippen LogP contribution in [0.15, 0.2) is 35.6 Å². The number of fused-ring (bicyclic) bond motifs is 1. The predicted octanol–water partition coefficient (Wildman–Crippen LogP) is 2.57. The molecule has 4 rings (SSSR count). The van der Waals surface area contributed by atoms with E-state index < -0.39 is 0 Å². The van der Waals surface area contributed by atoms with Gasteiger partial charge in [-0.25, -0.2) is 4.98 Å². The number of nitrogens with one attached hydrogen (secondary N) is 1. The van der Waals surface area contributed by atoms with Crippen LogP contribution < -0.4 is 5.32 Å². The van der Waals surface area contributed by atoms with Gasteiger partial charge in [0.25, 0.3) is 0 Å². The number of guanidine groups is 1. The first-order valence-electron chi connectivity index (χ1n) is 9.32. The van der Waals surface area contributed by atoms with Crippen molar-refractivity contribution in [3.63, 3.8) is 0 Å². The predicted molar refractivity (Wildman–Crippen MR) is 114 cm³/mol. The van der Waals surface area contributed by atoms with Gasteiger partial charge in [-0.05, 0) is 31.9 Å². The first-order valence-corrected chi connectivity index (χ1v) is 9.32. The maximum absolute atomic E-state index is 5.64. The number of rotatable bonds is 4. The maximum atomic E-state index is 5.64. The lowest BCUT2D eigenvalue weighted by Gasteiger charge is -2.24. The molecule has 0 aromatic carbocycles. The highest BCUT2D eigenvalue weighted by atomic mass is 127. The van der Waals surface area contributed by atoms with Crippen LogP contribution in [0.5, 0.6) is 0 Å². The van der Waals surface area contributed by atoms with Gasteiger partial charge in [0.15, 0.2) is 5.96 Å².